The summed E-state index contributed by atoms with van der Waals surface area (Å²) in [5.41, 5.74) is 3.31. The molecule has 138 valence electrons. The quantitative estimate of drug-likeness (QED) is 0.690. The van der Waals surface area contributed by atoms with E-state index in [4.69, 9.17) is 9.84 Å². The monoisotopic (exact) mass is 373 g/mol. The van der Waals surface area contributed by atoms with E-state index in [2.05, 4.69) is 11.4 Å². The molecule has 5 nitrogen and oxygen atoms in total. The van der Waals surface area contributed by atoms with Crippen LogP contribution in [-0.2, 0) is 9.59 Å². The Bertz CT molecular complexity index is 774. The van der Waals surface area contributed by atoms with E-state index in [9.17, 15) is 9.59 Å². The van der Waals surface area contributed by atoms with Crippen LogP contribution in [0.3, 0.4) is 0 Å². The number of benzene rings is 2. The number of rotatable bonds is 8. The fourth-order valence-corrected chi connectivity index (χ4v) is 3.29. The minimum Gasteiger partial charge on any atom is -0.482 e. The molecule has 6 heteroatoms. The van der Waals surface area contributed by atoms with Crippen LogP contribution in [0, 0.1) is 13.8 Å². The molecule has 0 saturated carbocycles. The first kappa shape index (κ1) is 19.8. The van der Waals surface area contributed by atoms with Gasteiger partial charge in [0.1, 0.15) is 5.75 Å². The van der Waals surface area contributed by atoms with Crippen molar-refractivity contribution < 1.29 is 19.4 Å². The Morgan fingerprint density at radius 1 is 1.15 bits per heavy atom. The van der Waals surface area contributed by atoms with E-state index < -0.39 is 5.97 Å². The Balaban J connectivity index is 1.85. The SMILES string of the molecule is Cc1ccc(SCC(=O)NC(C)c2ccc(OCC(=O)O)cc2)c(C)c1. The highest BCUT2D eigenvalue weighted by Gasteiger charge is 2.11. The number of aliphatic carboxylic acids is 1. The summed E-state index contributed by atoms with van der Waals surface area (Å²) in [6.07, 6.45) is 0. The average Bonchev–Trinajstić information content (AvgIpc) is 2.59. The van der Waals surface area contributed by atoms with E-state index in [0.29, 0.717) is 11.5 Å². The number of carbonyl (C=O) groups is 2. The predicted octanol–water partition coefficient (Wildman–Crippen LogP) is 3.74. The number of carbonyl (C=O) groups excluding carboxylic acids is 1. The van der Waals surface area contributed by atoms with Crippen molar-refractivity contribution in [2.45, 2.75) is 31.7 Å². The van der Waals surface area contributed by atoms with Crippen LogP contribution in [0.4, 0.5) is 0 Å². The van der Waals surface area contributed by atoms with Crippen LogP contribution in [-0.4, -0.2) is 29.3 Å². The maximum Gasteiger partial charge on any atom is 0.341 e. The van der Waals surface area contributed by atoms with Gasteiger partial charge in [0.25, 0.3) is 0 Å². The fourth-order valence-electron chi connectivity index (χ4n) is 2.47. The highest BCUT2D eigenvalue weighted by Crippen LogP contribution is 2.23. The summed E-state index contributed by atoms with van der Waals surface area (Å²) in [6.45, 7) is 5.63. The average molecular weight is 373 g/mol. The number of amides is 1. The summed E-state index contributed by atoms with van der Waals surface area (Å²) in [4.78, 5) is 23.8. The second-order valence-corrected chi connectivity index (χ2v) is 7.12. The normalized spacial score (nSPS) is 11.7. The molecule has 26 heavy (non-hydrogen) atoms. The van der Waals surface area contributed by atoms with E-state index in [1.165, 1.54) is 22.9 Å². The highest BCUT2D eigenvalue weighted by molar-refractivity contribution is 8.00. The minimum atomic E-state index is -1.02. The smallest absolute Gasteiger partial charge is 0.341 e. The van der Waals surface area contributed by atoms with Crippen LogP contribution in [0.15, 0.2) is 47.4 Å². The summed E-state index contributed by atoms with van der Waals surface area (Å²) in [5, 5.41) is 11.6. The number of hydrogen-bond acceptors (Lipinski definition) is 4. The third kappa shape index (κ3) is 6.11. The van der Waals surface area contributed by atoms with Gasteiger partial charge in [0.2, 0.25) is 5.91 Å². The van der Waals surface area contributed by atoms with Crippen LogP contribution in [0.1, 0.15) is 29.7 Å². The topological polar surface area (TPSA) is 75.6 Å². The predicted molar refractivity (Wildman–Crippen MR) is 103 cm³/mol. The first-order chi connectivity index (χ1) is 12.3. The molecule has 0 aliphatic rings. The van der Waals surface area contributed by atoms with Crippen molar-refractivity contribution in [3.63, 3.8) is 0 Å². The van der Waals surface area contributed by atoms with Gasteiger partial charge in [-0.3, -0.25) is 4.79 Å². The van der Waals surface area contributed by atoms with E-state index in [-0.39, 0.29) is 18.6 Å². The van der Waals surface area contributed by atoms with Gasteiger partial charge in [-0.2, -0.15) is 0 Å². The van der Waals surface area contributed by atoms with Gasteiger partial charge in [-0.15, -0.1) is 11.8 Å². The summed E-state index contributed by atoms with van der Waals surface area (Å²) in [5.74, 6) is -0.210. The number of hydrogen-bond donors (Lipinski definition) is 2. The molecular formula is C20H23NO4S. The lowest BCUT2D eigenvalue weighted by atomic mass is 10.1. The van der Waals surface area contributed by atoms with Crippen molar-refractivity contribution in [2.75, 3.05) is 12.4 Å². The molecular weight excluding hydrogens is 350 g/mol. The zero-order valence-corrected chi connectivity index (χ0v) is 15.9. The van der Waals surface area contributed by atoms with Crippen LogP contribution < -0.4 is 10.1 Å². The summed E-state index contributed by atoms with van der Waals surface area (Å²) < 4.78 is 5.10. The number of nitrogens with one attached hydrogen (secondary N) is 1. The Labute approximate surface area is 157 Å². The summed E-state index contributed by atoms with van der Waals surface area (Å²) >= 11 is 1.53. The molecule has 0 aliphatic heterocycles. The first-order valence-corrected chi connectivity index (χ1v) is 9.27. The third-order valence-electron chi connectivity index (χ3n) is 3.81. The van der Waals surface area contributed by atoms with E-state index in [1.807, 2.05) is 45.0 Å². The molecule has 2 N–H and O–H groups in total. The van der Waals surface area contributed by atoms with Gasteiger partial charge in [0, 0.05) is 4.90 Å². The molecule has 0 aliphatic carbocycles. The second kappa shape index (κ2) is 9.29. The Morgan fingerprint density at radius 3 is 2.46 bits per heavy atom. The number of carboxylic acid groups (broad SMARTS) is 1. The molecule has 1 amide bonds. The second-order valence-electron chi connectivity index (χ2n) is 6.10. The number of carboxylic acids is 1. The van der Waals surface area contributed by atoms with Crippen LogP contribution in [0.25, 0.3) is 0 Å². The molecule has 1 atom stereocenters. The molecule has 0 saturated heterocycles. The van der Waals surface area contributed by atoms with Gasteiger partial charge < -0.3 is 15.2 Å². The zero-order chi connectivity index (χ0) is 19.1. The standard InChI is InChI=1S/C20H23NO4S/c1-13-4-9-18(14(2)10-13)26-12-19(22)21-15(3)16-5-7-17(8-6-16)25-11-20(23)24/h4-10,15H,11-12H2,1-3H3,(H,21,22)(H,23,24). The Morgan fingerprint density at radius 2 is 1.85 bits per heavy atom. The van der Waals surface area contributed by atoms with Gasteiger partial charge in [-0.25, -0.2) is 4.79 Å². The molecule has 2 aromatic carbocycles. The molecule has 0 bridgehead atoms. The lowest BCUT2D eigenvalue weighted by Gasteiger charge is -2.15. The van der Waals surface area contributed by atoms with Gasteiger partial charge in [0.15, 0.2) is 6.61 Å². The van der Waals surface area contributed by atoms with Crippen LogP contribution in [0.2, 0.25) is 0 Å². The largest absolute Gasteiger partial charge is 0.482 e. The lowest BCUT2D eigenvalue weighted by Crippen LogP contribution is -2.28. The Kier molecular flexibility index (Phi) is 7.09. The maximum absolute atomic E-state index is 12.2. The number of thioether (sulfide) groups is 1. The van der Waals surface area contributed by atoms with Gasteiger partial charge in [0.05, 0.1) is 11.8 Å². The fraction of sp³-hybridized carbons (Fsp3) is 0.300. The molecule has 0 fully saturated rings. The molecule has 0 spiro atoms. The lowest BCUT2D eigenvalue weighted by molar-refractivity contribution is -0.139. The molecule has 0 heterocycles. The van der Waals surface area contributed by atoms with Crippen molar-refractivity contribution in [1.29, 1.82) is 0 Å². The molecule has 1 unspecified atom stereocenters. The zero-order valence-electron chi connectivity index (χ0n) is 15.1. The molecule has 2 rings (SSSR count). The van der Waals surface area contributed by atoms with Crippen LogP contribution in [0.5, 0.6) is 5.75 Å². The first-order valence-electron chi connectivity index (χ1n) is 8.29. The van der Waals surface area contributed by atoms with Crippen molar-refractivity contribution in [2.24, 2.45) is 0 Å². The Hall–Kier alpha value is -2.47. The van der Waals surface area contributed by atoms with E-state index >= 15 is 0 Å². The number of aryl methyl sites for hydroxylation is 2. The van der Waals surface area contributed by atoms with Gasteiger partial charge in [-0.05, 0) is 50.1 Å². The van der Waals surface area contributed by atoms with Gasteiger partial charge in [-0.1, -0.05) is 29.8 Å². The van der Waals surface area contributed by atoms with Crippen molar-refractivity contribution in [3.8, 4) is 5.75 Å². The molecule has 0 radical (unpaired) electrons. The van der Waals surface area contributed by atoms with Crippen molar-refractivity contribution in [1.82, 2.24) is 5.32 Å². The van der Waals surface area contributed by atoms with E-state index in [0.717, 1.165) is 10.5 Å². The highest BCUT2D eigenvalue weighted by atomic mass is 32.2. The summed E-state index contributed by atoms with van der Waals surface area (Å²) in [7, 11) is 0. The van der Waals surface area contributed by atoms with Crippen LogP contribution >= 0.6 is 11.8 Å². The van der Waals surface area contributed by atoms with Crippen molar-refractivity contribution in [3.05, 3.63) is 59.2 Å². The summed E-state index contributed by atoms with van der Waals surface area (Å²) in [6, 6.07) is 13.1. The maximum atomic E-state index is 12.2. The molecule has 0 aromatic heterocycles. The third-order valence-corrected chi connectivity index (χ3v) is 4.98. The van der Waals surface area contributed by atoms with Crippen molar-refractivity contribution >= 4 is 23.6 Å². The van der Waals surface area contributed by atoms with Gasteiger partial charge >= 0.3 is 5.97 Å². The number of ether oxygens (including phenoxy) is 1. The molecule has 2 aromatic rings. The van der Waals surface area contributed by atoms with E-state index in [1.54, 1.807) is 12.1 Å². The minimum absolute atomic E-state index is 0.0336.